The molecule has 0 heterocycles. The Morgan fingerprint density at radius 2 is 0.850 bits per heavy atom. The van der Waals surface area contributed by atoms with Crippen molar-refractivity contribution in [1.82, 2.24) is 14.7 Å². The fourth-order valence-electron chi connectivity index (χ4n) is 16.6. The molecule has 27 nitrogen and oxygen atoms in total. The first-order chi connectivity index (χ1) is 54.8. The molecule has 18 N–H and O–H groups in total. The molecule has 0 aromatic heterocycles. The molecule has 0 saturated heterocycles. The predicted octanol–water partition coefficient (Wildman–Crippen LogP) is 4.55. The highest BCUT2D eigenvalue weighted by molar-refractivity contribution is 14.1. The van der Waals surface area contributed by atoms with Gasteiger partial charge in [0.1, 0.15) is 68.5 Å². The number of hydrogen-bond acceptors (Lipinski definition) is 24. The van der Waals surface area contributed by atoms with Gasteiger partial charge in [-0.15, -0.1) is 24.8 Å². The van der Waals surface area contributed by atoms with E-state index in [1.807, 2.05) is 26.0 Å². The molecular formula is C85H97B7IN6O21. The molecule has 0 bridgehead atoms. The summed E-state index contributed by atoms with van der Waals surface area (Å²) in [6.45, 7) is 16.9. The molecule has 9 aliphatic rings. The molecule has 3 saturated carbocycles. The number of phenolic OH excluding ortho intramolecular Hbond substituents is 3. The van der Waals surface area contributed by atoms with Crippen LogP contribution in [0.5, 0.6) is 17.2 Å². The Hall–Kier alpha value is -11.1. The lowest BCUT2D eigenvalue weighted by molar-refractivity contribution is -0.155. The number of fused-ring (bicyclic) bond motifs is 9. The van der Waals surface area contributed by atoms with Crippen molar-refractivity contribution in [2.75, 3.05) is 42.3 Å². The second-order valence-corrected chi connectivity index (χ2v) is 30.1. The number of carbonyl (C=O) groups is 9. The van der Waals surface area contributed by atoms with Crippen LogP contribution < -0.4 is 17.2 Å². The smallest absolute Gasteiger partial charge is 0.255 e. The fraction of sp³-hybridized carbons (Fsp3) is 0.365. The van der Waals surface area contributed by atoms with Gasteiger partial charge in [0.2, 0.25) is 17.3 Å². The standard InChI is InChI=1S/C24H26N2O7.C24H24N2O7.C21H21IN2O7.C7H4.C3H6.C3H4.3CH4.B7/c2*1-4-5-10-6-7-14(27)16-12(10)8-11-9-13-18(26(2)3)20(29)17(23(25)32)22(31)24(13,33)21(30)15(11)19(16)28;1-24(2)15-9-6-7-5-8-10(22)3-4-11(25)13(8)16(26)12(7)18(28)21(9,31)19(29)14(17(15)27)20(23)30;1-3-5-7-6-4-2;2*1-3-2;;;;1-5-7(4)6(2)3/h4-7,11,13,18,27-28,31,33H,8-9H2,1-3H3,(H2,25,32);6-7,11,13,18,27-28,31,33H,8-9H2,1-3H3,(H2,25,32);3-4,7,9,15,25-26,29,31H,5-6H2,1-2H3,(H2,23,30);1-2H2;3H,1H2,2H3;1H,2H3;3*1H4;/b5-4-;;;;;;;;;/t2*11?,13?,18?,24-;7?,9?,15?,21-;;;;;;;/m000......./s1. The van der Waals surface area contributed by atoms with Crippen molar-refractivity contribution in [3.63, 3.8) is 0 Å². The lowest BCUT2D eigenvalue weighted by atomic mass is 8.76. The van der Waals surface area contributed by atoms with Crippen LogP contribution >= 0.6 is 22.6 Å². The van der Waals surface area contributed by atoms with Crippen LogP contribution in [0.2, 0.25) is 0 Å². The SMILES string of the molecule is C.C.C.C#CC.C/C=C\c1ccc(O)c2c1CC1CC3C(N(C)C)C(=O)C(C(N)=O)=C(O)[C@@]3(O)C(=O)C1=C2O.C=C=C=C=C=C=C.C=CC.CC#Cc1ccc(O)c2c1CC1CC3C(N(C)C)C(=O)C(C(N)=O)=C(O)[C@@]3(O)C(=O)C1=C2O.CN(C)C1C(=O)C(C(N)=O)=C(O)[C@@]2(O)C(=O)C3=C(O)c4c(O)ccc(I)c4CC3CC12.[B][B]B([B])B([B])[B]. The zero-order valence-corrected chi connectivity index (χ0v) is 68.0. The van der Waals surface area contributed by atoms with Crippen molar-refractivity contribution in [2.24, 2.45) is 52.7 Å². The number of amides is 3. The molecule has 0 spiro atoms. The van der Waals surface area contributed by atoms with Crippen molar-refractivity contribution in [2.45, 2.75) is 123 Å². The molecule has 120 heavy (non-hydrogen) atoms. The summed E-state index contributed by atoms with van der Waals surface area (Å²) in [5, 5.41) is 131. The van der Waals surface area contributed by atoms with Crippen LogP contribution in [0.1, 0.15) is 114 Å². The summed E-state index contributed by atoms with van der Waals surface area (Å²) in [5.41, 5.74) is 20.5. The number of nitrogens with two attached hydrogens (primary N) is 3. The minimum Gasteiger partial charge on any atom is -0.508 e. The molecular weight excluding hydrogens is 1640 g/mol. The van der Waals surface area contributed by atoms with Gasteiger partial charge in [0.05, 0.1) is 34.8 Å². The first-order valence-corrected chi connectivity index (χ1v) is 37.1. The van der Waals surface area contributed by atoms with Crippen LogP contribution in [0.3, 0.4) is 0 Å². The Labute approximate surface area is 719 Å². The minimum absolute atomic E-state index is 0. The molecule has 3 aromatic carbocycles. The number of carbonyl (C=O) groups excluding carboxylic acids is 9. The van der Waals surface area contributed by atoms with Gasteiger partial charge in [-0.1, -0.05) is 64.0 Å². The number of halogens is 1. The van der Waals surface area contributed by atoms with E-state index >= 15 is 0 Å². The van der Waals surface area contributed by atoms with Gasteiger partial charge >= 0.3 is 0 Å². The number of aromatic hydroxyl groups is 3. The van der Waals surface area contributed by atoms with E-state index in [-0.39, 0.29) is 111 Å². The maximum Gasteiger partial charge on any atom is 0.255 e. The number of terminal acetylenes is 1. The number of likely N-dealkylation sites (N-methyl/N-ethyl adjacent to an activating group) is 3. The van der Waals surface area contributed by atoms with Crippen LogP contribution in [0.15, 0.2) is 148 Å². The Bertz CT molecular complexity index is 5230. The number of primary amides is 3. The molecule has 12 rings (SSSR count). The highest BCUT2D eigenvalue weighted by atomic mass is 127. The average molecular weight is 1740 g/mol. The molecule has 9 unspecified atom stereocenters. The Kier molecular flexibility index (Phi) is 35.9. The topological polar surface area (TPSA) is 484 Å². The summed E-state index contributed by atoms with van der Waals surface area (Å²) >= 11 is 2.07. The molecule has 3 fully saturated rings. The number of allylic oxidation sites excluding steroid dienone is 2. The normalized spacial score (nSPS) is 24.6. The summed E-state index contributed by atoms with van der Waals surface area (Å²) in [5.74, 6) is -11.7. The third-order valence-corrected chi connectivity index (χ3v) is 22.4. The molecule has 0 aliphatic heterocycles. The van der Waals surface area contributed by atoms with E-state index in [4.69, 9.17) is 48.1 Å². The first-order valence-electron chi connectivity index (χ1n) is 36.0. The monoisotopic (exact) mass is 1740 g/mol. The average Bonchev–Trinajstić information content (AvgIpc) is 0.709. The first kappa shape index (κ1) is 103. The Morgan fingerprint density at radius 3 is 1.13 bits per heavy atom. The Balaban J connectivity index is 0.000000412. The number of nitrogens with zero attached hydrogens (tertiary/aromatic N) is 3. The van der Waals surface area contributed by atoms with Gasteiger partial charge in [0.15, 0.2) is 34.2 Å². The van der Waals surface area contributed by atoms with Crippen LogP contribution in [-0.4, -0.2) is 256 Å². The molecule has 35 heteroatoms. The number of benzene rings is 3. The van der Waals surface area contributed by atoms with E-state index in [1.54, 1.807) is 80.4 Å². The maximum atomic E-state index is 13.7. The van der Waals surface area contributed by atoms with Gasteiger partial charge in [0.25, 0.3) is 17.7 Å². The number of hydrogen-bond donors (Lipinski definition) is 15. The van der Waals surface area contributed by atoms with Crippen molar-refractivity contribution in [1.29, 1.82) is 0 Å². The van der Waals surface area contributed by atoms with Crippen molar-refractivity contribution in [3.8, 4) is 41.4 Å². The van der Waals surface area contributed by atoms with Crippen LogP contribution in [-0.2, 0) is 62.4 Å². The largest absolute Gasteiger partial charge is 0.508 e. The molecule has 9 aliphatic carbocycles. The molecule has 3 aromatic rings. The molecule has 9 radical (unpaired) electrons. The zero-order chi connectivity index (χ0) is 88.6. The van der Waals surface area contributed by atoms with Gasteiger partial charge in [-0.3, -0.25) is 57.9 Å². The number of ketones is 6. The quantitative estimate of drug-likeness (QED) is 0.0349. The molecule has 12 atom stereocenters. The van der Waals surface area contributed by atoms with Crippen molar-refractivity contribution in [3.05, 3.63) is 196 Å². The second-order valence-electron chi connectivity index (χ2n) is 29.0. The summed E-state index contributed by atoms with van der Waals surface area (Å²) < 4.78 is 0.784. The molecule has 621 valence electrons. The van der Waals surface area contributed by atoms with E-state index in [9.17, 15) is 104 Å². The van der Waals surface area contributed by atoms with Gasteiger partial charge in [0, 0.05) is 94.4 Å². The minimum atomic E-state index is -2.64. The third kappa shape index (κ3) is 18.6. The van der Waals surface area contributed by atoms with E-state index in [0.717, 1.165) is 9.13 Å². The van der Waals surface area contributed by atoms with E-state index < -0.39 is 181 Å². The van der Waals surface area contributed by atoms with Crippen LogP contribution in [0.4, 0.5) is 0 Å². The van der Waals surface area contributed by atoms with Crippen LogP contribution in [0, 0.1) is 63.3 Å². The number of rotatable bonds is 9. The fourth-order valence-corrected chi connectivity index (χ4v) is 17.2. The lowest BCUT2D eigenvalue weighted by Crippen LogP contribution is -2.65. The van der Waals surface area contributed by atoms with Gasteiger partial charge in [-0.2, -0.15) is 0 Å². The lowest BCUT2D eigenvalue weighted by Gasteiger charge is -2.50. The summed E-state index contributed by atoms with van der Waals surface area (Å²) in [6.07, 6.45) is 10.0. The van der Waals surface area contributed by atoms with Crippen molar-refractivity contribution < 1.29 is 104 Å². The summed E-state index contributed by atoms with van der Waals surface area (Å²) in [4.78, 5) is 120. The van der Waals surface area contributed by atoms with E-state index in [2.05, 4.69) is 95.2 Å². The summed E-state index contributed by atoms with van der Waals surface area (Å²) in [6, 6.07) is 5.87. The highest BCUT2D eigenvalue weighted by Crippen LogP contribution is 2.57. The Morgan fingerprint density at radius 1 is 0.550 bits per heavy atom. The maximum absolute atomic E-state index is 13.7. The highest BCUT2D eigenvalue weighted by Gasteiger charge is 2.68. The predicted molar refractivity (Wildman–Crippen MR) is 472 cm³/mol. The van der Waals surface area contributed by atoms with E-state index in [1.165, 1.54) is 40.0 Å². The number of aliphatic hydroxyl groups excluding tert-OH is 6. The zero-order valence-electron chi connectivity index (χ0n) is 65.9. The summed E-state index contributed by atoms with van der Waals surface area (Å²) in [7, 11) is 31.0. The van der Waals surface area contributed by atoms with Gasteiger partial charge in [-0.05, 0) is 232 Å². The van der Waals surface area contributed by atoms with E-state index in [0.29, 0.717) is 28.7 Å². The third-order valence-electron chi connectivity index (χ3n) is 21.4. The van der Waals surface area contributed by atoms with Crippen molar-refractivity contribution >= 4 is 149 Å². The number of Topliss-reactive ketones (excluding diaryl/α,β-unsaturated/α-hetero) is 6. The second kappa shape index (κ2) is 41.7. The van der Waals surface area contributed by atoms with Crippen LogP contribution in [0.25, 0.3) is 23.4 Å². The van der Waals surface area contributed by atoms with Gasteiger partial charge in [-0.25, -0.2) is 0 Å². The van der Waals surface area contributed by atoms with Gasteiger partial charge < -0.3 is 78.5 Å². The number of phenols is 3. The number of aliphatic hydroxyl groups is 9. The molecule has 3 amide bonds.